The van der Waals surface area contributed by atoms with Crippen LogP contribution in [0, 0.1) is 23.7 Å². The smallest absolute Gasteiger partial charge is 0.306 e. The van der Waals surface area contributed by atoms with E-state index in [4.69, 9.17) is 10.5 Å². The van der Waals surface area contributed by atoms with Crippen molar-refractivity contribution in [2.75, 3.05) is 6.54 Å². The van der Waals surface area contributed by atoms with Crippen molar-refractivity contribution in [2.24, 2.45) is 29.4 Å². The number of hydrogen-bond acceptors (Lipinski definition) is 3. The minimum atomic E-state index is -0.0370. The molecule has 3 nitrogen and oxygen atoms in total. The summed E-state index contributed by atoms with van der Waals surface area (Å²) < 4.78 is 5.75. The summed E-state index contributed by atoms with van der Waals surface area (Å²) in [5.74, 6) is 2.17. The van der Waals surface area contributed by atoms with Gasteiger partial charge in [-0.15, -0.1) is 0 Å². The van der Waals surface area contributed by atoms with Gasteiger partial charge in [-0.05, 0) is 49.5 Å². The van der Waals surface area contributed by atoms with Crippen molar-refractivity contribution in [2.45, 2.75) is 65.9 Å². The van der Waals surface area contributed by atoms with Crippen LogP contribution in [-0.2, 0) is 9.53 Å². The number of rotatable bonds is 6. The summed E-state index contributed by atoms with van der Waals surface area (Å²) in [6.07, 6.45) is 4.96. The van der Waals surface area contributed by atoms with Crippen LogP contribution in [0.4, 0.5) is 0 Å². The summed E-state index contributed by atoms with van der Waals surface area (Å²) >= 11 is 0. The number of hydrogen-bond donors (Lipinski definition) is 1. The molecule has 112 valence electrons. The van der Waals surface area contributed by atoms with E-state index in [0.717, 1.165) is 12.8 Å². The Bertz CT molecular complexity index is 278. The number of ether oxygens (including phenoxy) is 1. The summed E-state index contributed by atoms with van der Waals surface area (Å²) in [6.45, 7) is 9.44. The van der Waals surface area contributed by atoms with Crippen LogP contribution >= 0.6 is 0 Å². The average molecular weight is 269 g/mol. The van der Waals surface area contributed by atoms with E-state index in [9.17, 15) is 4.79 Å². The molecular weight excluding hydrogens is 238 g/mol. The second-order valence-electron chi connectivity index (χ2n) is 6.73. The first kappa shape index (κ1) is 16.5. The number of carbonyl (C=O) groups excluding carboxylic acids is 1. The lowest BCUT2D eigenvalue weighted by atomic mass is 9.75. The van der Waals surface area contributed by atoms with Gasteiger partial charge in [0.05, 0.1) is 0 Å². The molecule has 0 aromatic heterocycles. The van der Waals surface area contributed by atoms with Gasteiger partial charge in [-0.2, -0.15) is 0 Å². The van der Waals surface area contributed by atoms with E-state index in [1.165, 1.54) is 12.8 Å². The van der Waals surface area contributed by atoms with Gasteiger partial charge in [-0.3, -0.25) is 4.79 Å². The van der Waals surface area contributed by atoms with Gasteiger partial charge in [0.2, 0.25) is 0 Å². The Morgan fingerprint density at radius 2 is 2.00 bits per heavy atom. The SMILES string of the molecule is CC(CN)CCC(=O)OC1CC(C)CCC1C(C)C. The quantitative estimate of drug-likeness (QED) is 0.752. The minimum Gasteiger partial charge on any atom is -0.462 e. The Morgan fingerprint density at radius 1 is 1.32 bits per heavy atom. The fourth-order valence-corrected chi connectivity index (χ4v) is 2.96. The van der Waals surface area contributed by atoms with Crippen LogP contribution in [0.1, 0.15) is 59.8 Å². The first-order valence-corrected chi connectivity index (χ1v) is 7.83. The first-order chi connectivity index (χ1) is 8.93. The van der Waals surface area contributed by atoms with Crippen LogP contribution in [0.2, 0.25) is 0 Å². The lowest BCUT2D eigenvalue weighted by molar-refractivity contribution is -0.156. The Kier molecular flexibility index (Phi) is 6.84. The Morgan fingerprint density at radius 3 is 2.58 bits per heavy atom. The van der Waals surface area contributed by atoms with E-state index in [0.29, 0.717) is 36.6 Å². The molecule has 19 heavy (non-hydrogen) atoms. The predicted molar refractivity (Wildman–Crippen MR) is 78.7 cm³/mol. The van der Waals surface area contributed by atoms with Crippen molar-refractivity contribution in [3.8, 4) is 0 Å². The molecule has 0 spiro atoms. The normalized spacial score (nSPS) is 29.3. The number of nitrogens with two attached hydrogens (primary N) is 1. The van der Waals surface area contributed by atoms with Gasteiger partial charge in [0.15, 0.2) is 0 Å². The molecule has 0 amide bonds. The van der Waals surface area contributed by atoms with Crippen LogP contribution < -0.4 is 5.73 Å². The topological polar surface area (TPSA) is 52.3 Å². The monoisotopic (exact) mass is 269 g/mol. The molecule has 4 atom stereocenters. The van der Waals surface area contributed by atoms with Crippen LogP contribution in [0.25, 0.3) is 0 Å². The lowest BCUT2D eigenvalue weighted by Crippen LogP contribution is -2.35. The summed E-state index contributed by atoms with van der Waals surface area (Å²) in [6, 6.07) is 0. The van der Waals surface area contributed by atoms with E-state index in [1.807, 2.05) is 0 Å². The Balaban J connectivity index is 2.44. The van der Waals surface area contributed by atoms with Crippen molar-refractivity contribution >= 4 is 5.97 Å². The van der Waals surface area contributed by atoms with E-state index < -0.39 is 0 Å². The standard InChI is InChI=1S/C16H31NO2/c1-11(2)14-7-5-12(3)9-15(14)19-16(18)8-6-13(4)10-17/h11-15H,5-10,17H2,1-4H3. The van der Waals surface area contributed by atoms with Gasteiger partial charge in [0.25, 0.3) is 0 Å². The third-order valence-corrected chi connectivity index (χ3v) is 4.49. The van der Waals surface area contributed by atoms with Crippen molar-refractivity contribution in [1.82, 2.24) is 0 Å². The molecule has 0 aromatic rings. The van der Waals surface area contributed by atoms with Crippen LogP contribution in [0.5, 0.6) is 0 Å². The first-order valence-electron chi connectivity index (χ1n) is 7.83. The van der Waals surface area contributed by atoms with Crippen molar-refractivity contribution in [1.29, 1.82) is 0 Å². The lowest BCUT2D eigenvalue weighted by Gasteiger charge is -2.36. The third-order valence-electron chi connectivity index (χ3n) is 4.49. The largest absolute Gasteiger partial charge is 0.462 e. The maximum absolute atomic E-state index is 11.9. The van der Waals surface area contributed by atoms with Gasteiger partial charge in [-0.1, -0.05) is 34.1 Å². The predicted octanol–water partition coefficient (Wildman–Crippen LogP) is 3.37. The highest BCUT2D eigenvalue weighted by Gasteiger charge is 2.33. The molecule has 0 radical (unpaired) electrons. The van der Waals surface area contributed by atoms with Crippen LogP contribution in [0.15, 0.2) is 0 Å². The highest BCUT2D eigenvalue weighted by molar-refractivity contribution is 5.69. The maximum atomic E-state index is 11.9. The fourth-order valence-electron chi connectivity index (χ4n) is 2.96. The molecule has 0 saturated heterocycles. The zero-order chi connectivity index (χ0) is 14.4. The van der Waals surface area contributed by atoms with Crippen molar-refractivity contribution in [3.63, 3.8) is 0 Å². The van der Waals surface area contributed by atoms with Crippen molar-refractivity contribution in [3.05, 3.63) is 0 Å². The molecule has 0 bridgehead atoms. The summed E-state index contributed by atoms with van der Waals surface area (Å²) in [7, 11) is 0. The second-order valence-corrected chi connectivity index (χ2v) is 6.73. The molecule has 1 rings (SSSR count). The number of esters is 1. The van der Waals surface area contributed by atoms with E-state index in [2.05, 4.69) is 27.7 Å². The van der Waals surface area contributed by atoms with Crippen LogP contribution in [-0.4, -0.2) is 18.6 Å². The highest BCUT2D eigenvalue weighted by Crippen LogP contribution is 2.35. The molecule has 1 fully saturated rings. The molecule has 2 N–H and O–H groups in total. The fraction of sp³-hybridized carbons (Fsp3) is 0.938. The third kappa shape index (κ3) is 5.52. The molecular formula is C16H31NO2. The molecule has 3 heteroatoms. The zero-order valence-electron chi connectivity index (χ0n) is 13.0. The van der Waals surface area contributed by atoms with Gasteiger partial charge in [-0.25, -0.2) is 0 Å². The average Bonchev–Trinajstić information content (AvgIpc) is 2.35. The summed E-state index contributed by atoms with van der Waals surface area (Å²) in [4.78, 5) is 11.9. The molecule has 0 aliphatic heterocycles. The molecule has 1 saturated carbocycles. The maximum Gasteiger partial charge on any atom is 0.306 e. The highest BCUT2D eigenvalue weighted by atomic mass is 16.5. The number of carbonyl (C=O) groups is 1. The van der Waals surface area contributed by atoms with Gasteiger partial charge >= 0.3 is 5.97 Å². The molecule has 0 aromatic carbocycles. The van der Waals surface area contributed by atoms with E-state index in [1.54, 1.807) is 0 Å². The van der Waals surface area contributed by atoms with Gasteiger partial charge in [0.1, 0.15) is 6.10 Å². The molecule has 1 aliphatic carbocycles. The summed E-state index contributed by atoms with van der Waals surface area (Å²) in [5.41, 5.74) is 5.57. The molecule has 4 unspecified atom stereocenters. The van der Waals surface area contributed by atoms with Crippen LogP contribution in [0.3, 0.4) is 0 Å². The molecule has 1 aliphatic rings. The Labute approximate surface area is 118 Å². The Hall–Kier alpha value is -0.570. The zero-order valence-corrected chi connectivity index (χ0v) is 13.0. The minimum absolute atomic E-state index is 0.0370. The second kappa shape index (κ2) is 7.88. The van der Waals surface area contributed by atoms with Gasteiger partial charge in [0, 0.05) is 6.42 Å². The van der Waals surface area contributed by atoms with E-state index in [-0.39, 0.29) is 12.1 Å². The van der Waals surface area contributed by atoms with Crippen molar-refractivity contribution < 1.29 is 9.53 Å². The summed E-state index contributed by atoms with van der Waals surface area (Å²) in [5, 5.41) is 0. The molecule has 0 heterocycles. The van der Waals surface area contributed by atoms with E-state index >= 15 is 0 Å². The van der Waals surface area contributed by atoms with Gasteiger partial charge < -0.3 is 10.5 Å².